The lowest BCUT2D eigenvalue weighted by atomic mass is 10.1. The number of hydrazine groups is 1. The number of rotatable bonds is 4. The molecule has 0 saturated heterocycles. The number of hydrogen-bond donors (Lipinski definition) is 3. The molecule has 28 heavy (non-hydrogen) atoms. The van der Waals surface area contributed by atoms with Gasteiger partial charge in [-0.3, -0.25) is 20.4 Å². The Balaban J connectivity index is 1.62. The van der Waals surface area contributed by atoms with Gasteiger partial charge in [0.15, 0.2) is 0 Å². The van der Waals surface area contributed by atoms with Crippen LogP contribution in [0.1, 0.15) is 23.4 Å². The van der Waals surface area contributed by atoms with Crippen molar-refractivity contribution in [1.29, 1.82) is 0 Å². The van der Waals surface area contributed by atoms with Crippen molar-refractivity contribution < 1.29 is 22.8 Å². The average molecular weight is 411 g/mol. The summed E-state index contributed by atoms with van der Waals surface area (Å²) >= 11 is 1.04. The maximum Gasteiger partial charge on any atom is 0.416 e. The summed E-state index contributed by atoms with van der Waals surface area (Å²) in [4.78, 5) is 33.0. The van der Waals surface area contributed by atoms with Gasteiger partial charge in [-0.2, -0.15) is 13.2 Å². The van der Waals surface area contributed by atoms with E-state index < -0.39 is 28.8 Å². The van der Waals surface area contributed by atoms with Crippen LogP contribution < -0.4 is 16.2 Å². The van der Waals surface area contributed by atoms with Gasteiger partial charge in [0.05, 0.1) is 16.5 Å². The fraction of sp³-hybridized carbons (Fsp3) is 0.294. The fourth-order valence-electron chi connectivity index (χ4n) is 2.59. The fourth-order valence-corrected chi connectivity index (χ4v) is 3.68. The van der Waals surface area contributed by atoms with E-state index in [4.69, 9.17) is 0 Å². The van der Waals surface area contributed by atoms with Crippen molar-refractivity contribution in [2.75, 3.05) is 10.7 Å². The number of nitrogens with one attached hydrogen (secondary N) is 3. The number of nitrogens with zero attached hydrogens (tertiary/aromatic N) is 2. The Morgan fingerprint density at radius 1 is 1.21 bits per heavy atom. The predicted octanol–water partition coefficient (Wildman–Crippen LogP) is 3.06. The van der Waals surface area contributed by atoms with E-state index in [1.165, 1.54) is 6.07 Å². The van der Waals surface area contributed by atoms with Crippen LogP contribution in [0.4, 0.5) is 24.8 Å². The van der Waals surface area contributed by atoms with Gasteiger partial charge < -0.3 is 5.32 Å². The summed E-state index contributed by atoms with van der Waals surface area (Å²) < 4.78 is 38.4. The van der Waals surface area contributed by atoms with Gasteiger partial charge in [-0.1, -0.05) is 0 Å². The first-order valence-corrected chi connectivity index (χ1v) is 9.05. The highest BCUT2D eigenvalue weighted by Crippen LogP contribution is 2.40. The first-order chi connectivity index (χ1) is 13.1. The van der Waals surface area contributed by atoms with Crippen LogP contribution in [-0.4, -0.2) is 27.0 Å². The summed E-state index contributed by atoms with van der Waals surface area (Å²) in [5.74, 6) is -0.794. The van der Waals surface area contributed by atoms with Crippen LogP contribution in [-0.2, 0) is 15.8 Å². The number of aromatic nitrogens is 2. The molecule has 148 valence electrons. The smallest absolute Gasteiger partial charge is 0.324 e. The lowest BCUT2D eigenvalue weighted by Gasteiger charge is -2.24. The number of thioether (sulfide) groups is 1. The van der Waals surface area contributed by atoms with Crippen molar-refractivity contribution in [3.63, 3.8) is 0 Å². The molecule has 7 nitrogen and oxygen atoms in total. The number of carbonyl (C=O) groups excluding carboxylic acids is 2. The zero-order valence-electron chi connectivity index (χ0n) is 14.8. The molecule has 0 bridgehead atoms. The van der Waals surface area contributed by atoms with Crippen molar-refractivity contribution in [3.05, 3.63) is 41.2 Å². The topological polar surface area (TPSA) is 96.0 Å². The Bertz CT molecular complexity index is 915. The van der Waals surface area contributed by atoms with Crippen LogP contribution in [0.3, 0.4) is 0 Å². The molecule has 3 rings (SSSR count). The number of aryl methyl sites for hydroxylation is 2. The number of carbonyl (C=O) groups is 2. The molecule has 0 aliphatic carbocycles. The molecule has 2 amide bonds. The number of benzene rings is 1. The largest absolute Gasteiger partial charge is 0.416 e. The molecule has 0 saturated carbocycles. The maximum atomic E-state index is 12.8. The molecule has 1 aliphatic rings. The quantitative estimate of drug-likeness (QED) is 0.670. The second-order valence-corrected chi connectivity index (χ2v) is 7.40. The van der Waals surface area contributed by atoms with Crippen molar-refractivity contribution in [3.8, 4) is 0 Å². The highest BCUT2D eigenvalue weighted by atomic mass is 32.2. The lowest BCUT2D eigenvalue weighted by molar-refractivity contribution is -0.137. The molecule has 1 aromatic heterocycles. The lowest BCUT2D eigenvalue weighted by Crippen LogP contribution is -2.37. The van der Waals surface area contributed by atoms with Gasteiger partial charge in [0.1, 0.15) is 0 Å². The second-order valence-electron chi connectivity index (χ2n) is 6.16. The van der Waals surface area contributed by atoms with Crippen molar-refractivity contribution in [1.82, 2.24) is 15.4 Å². The van der Waals surface area contributed by atoms with Crippen LogP contribution in [0, 0.1) is 13.8 Å². The molecular formula is C17H16F3N5O2S. The Hall–Kier alpha value is -2.82. The number of alkyl halides is 3. The van der Waals surface area contributed by atoms with Crippen molar-refractivity contribution in [2.24, 2.45) is 0 Å². The Morgan fingerprint density at radius 3 is 2.54 bits per heavy atom. The Kier molecular flexibility index (Phi) is 5.45. The van der Waals surface area contributed by atoms with Crippen LogP contribution in [0.2, 0.25) is 0 Å². The third-order valence-corrected chi connectivity index (χ3v) is 5.07. The van der Waals surface area contributed by atoms with E-state index in [-0.39, 0.29) is 18.1 Å². The van der Waals surface area contributed by atoms with E-state index in [9.17, 15) is 22.8 Å². The van der Waals surface area contributed by atoms with E-state index in [1.807, 2.05) is 0 Å². The number of fused-ring (bicyclic) bond motifs is 1. The van der Waals surface area contributed by atoms with Crippen molar-refractivity contribution in [2.45, 2.75) is 36.6 Å². The highest BCUT2D eigenvalue weighted by molar-refractivity contribution is 8.01. The monoisotopic (exact) mass is 411 g/mol. The summed E-state index contributed by atoms with van der Waals surface area (Å²) in [5.41, 5.74) is 5.69. The van der Waals surface area contributed by atoms with Crippen LogP contribution in [0.5, 0.6) is 0 Å². The van der Waals surface area contributed by atoms with E-state index in [0.717, 1.165) is 35.3 Å². The van der Waals surface area contributed by atoms with Crippen LogP contribution >= 0.6 is 11.8 Å². The molecule has 1 atom stereocenters. The van der Waals surface area contributed by atoms with E-state index in [1.54, 1.807) is 19.9 Å². The zero-order valence-corrected chi connectivity index (χ0v) is 15.7. The molecule has 1 aromatic carbocycles. The molecule has 11 heteroatoms. The van der Waals surface area contributed by atoms with Crippen LogP contribution in [0.25, 0.3) is 0 Å². The third-order valence-electron chi connectivity index (χ3n) is 3.79. The van der Waals surface area contributed by atoms with Crippen LogP contribution in [0.15, 0.2) is 29.2 Å². The van der Waals surface area contributed by atoms with Gasteiger partial charge in [0.25, 0.3) is 0 Å². The number of halogens is 3. The predicted molar refractivity (Wildman–Crippen MR) is 97.6 cm³/mol. The molecule has 0 radical (unpaired) electrons. The number of anilines is 2. The highest BCUT2D eigenvalue weighted by Gasteiger charge is 2.34. The van der Waals surface area contributed by atoms with Gasteiger partial charge in [0.2, 0.25) is 17.8 Å². The summed E-state index contributed by atoms with van der Waals surface area (Å²) in [6.45, 7) is 3.57. The zero-order chi connectivity index (χ0) is 20.5. The first-order valence-electron chi connectivity index (χ1n) is 8.18. The van der Waals surface area contributed by atoms with E-state index in [2.05, 4.69) is 26.1 Å². The average Bonchev–Trinajstić information content (AvgIpc) is 2.58. The molecule has 2 heterocycles. The van der Waals surface area contributed by atoms with Gasteiger partial charge in [-0.15, -0.1) is 11.8 Å². The SMILES string of the molecule is Cc1cc(C)nc(NNC(=O)CC2Sc3ccc(C(F)(F)F)cc3NC2=O)n1. The number of hydrogen-bond acceptors (Lipinski definition) is 6. The number of amides is 2. The third kappa shape index (κ3) is 4.71. The Morgan fingerprint density at radius 2 is 1.89 bits per heavy atom. The molecule has 2 aromatic rings. The van der Waals surface area contributed by atoms with Gasteiger partial charge >= 0.3 is 6.18 Å². The van der Waals surface area contributed by atoms with Gasteiger partial charge in [-0.25, -0.2) is 9.97 Å². The molecular weight excluding hydrogens is 395 g/mol. The van der Waals surface area contributed by atoms with Gasteiger partial charge in [-0.05, 0) is 38.1 Å². The van der Waals surface area contributed by atoms with Crippen molar-refractivity contribution >= 4 is 35.2 Å². The van der Waals surface area contributed by atoms with Gasteiger partial charge in [0, 0.05) is 22.7 Å². The summed E-state index contributed by atoms with van der Waals surface area (Å²) in [6, 6.07) is 4.89. The standard InChI is InChI=1S/C17H16F3N5O2S/c1-8-5-9(2)22-16(21-8)25-24-14(26)7-13-15(27)23-11-6-10(17(18,19)20)3-4-12(11)28-13/h3-6,13H,7H2,1-2H3,(H,23,27)(H,24,26)(H,21,22,25). The van der Waals surface area contributed by atoms with E-state index >= 15 is 0 Å². The second kappa shape index (κ2) is 7.66. The molecule has 0 spiro atoms. The van der Waals surface area contributed by atoms with E-state index in [0.29, 0.717) is 4.90 Å². The first kappa shape index (κ1) is 19.9. The summed E-state index contributed by atoms with van der Waals surface area (Å²) in [6.07, 6.45) is -4.67. The molecule has 1 unspecified atom stereocenters. The molecule has 3 N–H and O–H groups in total. The minimum absolute atomic E-state index is 0.0863. The summed E-state index contributed by atoms with van der Waals surface area (Å²) in [5, 5.41) is 1.66. The normalized spacial score (nSPS) is 16.2. The maximum absolute atomic E-state index is 12.8. The molecule has 0 fully saturated rings. The summed E-state index contributed by atoms with van der Waals surface area (Å²) in [7, 11) is 0. The minimum atomic E-state index is -4.50. The Labute approximate surface area is 162 Å². The minimum Gasteiger partial charge on any atom is -0.324 e. The molecule has 1 aliphatic heterocycles.